The van der Waals surface area contributed by atoms with Crippen molar-refractivity contribution in [3.63, 3.8) is 0 Å². The molecule has 0 amide bonds. The second kappa shape index (κ2) is 6.89. The summed E-state index contributed by atoms with van der Waals surface area (Å²) >= 11 is 3.45. The predicted octanol–water partition coefficient (Wildman–Crippen LogP) is 5.28. The highest BCUT2D eigenvalue weighted by Crippen LogP contribution is 2.27. The molecule has 0 aromatic heterocycles. The topological polar surface area (TPSA) is 21.3 Å². The van der Waals surface area contributed by atoms with Gasteiger partial charge in [0.25, 0.3) is 0 Å². The van der Waals surface area contributed by atoms with Gasteiger partial charge in [0, 0.05) is 22.3 Å². The Balaban J connectivity index is 2.17. The molecule has 21 heavy (non-hydrogen) atoms. The van der Waals surface area contributed by atoms with Crippen molar-refractivity contribution >= 4 is 21.6 Å². The van der Waals surface area contributed by atoms with Gasteiger partial charge in [0.05, 0.1) is 0 Å². The van der Waals surface area contributed by atoms with Crippen LogP contribution in [0.15, 0.2) is 40.9 Å². The minimum Gasteiger partial charge on any atom is -0.434 e. The van der Waals surface area contributed by atoms with E-state index in [1.807, 2.05) is 26.0 Å². The molecule has 0 aliphatic heterocycles. The van der Waals surface area contributed by atoms with Gasteiger partial charge in [0.15, 0.2) is 0 Å². The van der Waals surface area contributed by atoms with Gasteiger partial charge in [-0.3, -0.25) is 0 Å². The maximum absolute atomic E-state index is 12.4. The average molecular weight is 356 g/mol. The number of halogens is 3. The van der Waals surface area contributed by atoms with Gasteiger partial charge < -0.3 is 10.1 Å². The fourth-order valence-electron chi connectivity index (χ4n) is 2.23. The van der Waals surface area contributed by atoms with Crippen molar-refractivity contribution in [2.45, 2.75) is 27.0 Å². The lowest BCUT2D eigenvalue weighted by atomic mass is 10.1. The van der Waals surface area contributed by atoms with Gasteiger partial charge in [-0.25, -0.2) is 0 Å². The SMILES string of the molecule is Cc1cc(Br)cc(C)c1NCc1ccccc1OC(F)F. The highest BCUT2D eigenvalue weighted by molar-refractivity contribution is 9.10. The summed E-state index contributed by atoms with van der Waals surface area (Å²) in [5, 5.41) is 3.29. The third kappa shape index (κ3) is 4.17. The summed E-state index contributed by atoms with van der Waals surface area (Å²) in [7, 11) is 0. The fourth-order valence-corrected chi connectivity index (χ4v) is 2.92. The Morgan fingerprint density at radius 1 is 1.14 bits per heavy atom. The molecule has 2 rings (SSSR count). The van der Waals surface area contributed by atoms with Crippen molar-refractivity contribution in [3.8, 4) is 5.75 Å². The van der Waals surface area contributed by atoms with Crippen molar-refractivity contribution in [2.75, 3.05) is 5.32 Å². The largest absolute Gasteiger partial charge is 0.434 e. The Kier molecular flexibility index (Phi) is 5.17. The first-order valence-corrected chi connectivity index (χ1v) is 7.30. The van der Waals surface area contributed by atoms with Crippen LogP contribution < -0.4 is 10.1 Å². The molecule has 112 valence electrons. The molecule has 5 heteroatoms. The van der Waals surface area contributed by atoms with E-state index in [1.165, 1.54) is 0 Å². The molecule has 2 aromatic carbocycles. The van der Waals surface area contributed by atoms with E-state index in [1.54, 1.807) is 24.3 Å². The number of nitrogens with one attached hydrogen (secondary N) is 1. The zero-order valence-electron chi connectivity index (χ0n) is 11.8. The molecular weight excluding hydrogens is 340 g/mol. The lowest BCUT2D eigenvalue weighted by molar-refractivity contribution is -0.0504. The minimum atomic E-state index is -2.82. The third-order valence-corrected chi connectivity index (χ3v) is 3.60. The van der Waals surface area contributed by atoms with E-state index in [0.717, 1.165) is 21.3 Å². The first kappa shape index (κ1) is 15.8. The Morgan fingerprint density at radius 3 is 2.38 bits per heavy atom. The molecule has 0 radical (unpaired) electrons. The summed E-state index contributed by atoms with van der Waals surface area (Å²) < 4.78 is 30.3. The first-order valence-electron chi connectivity index (χ1n) is 6.50. The lowest BCUT2D eigenvalue weighted by Gasteiger charge is -2.15. The molecule has 0 spiro atoms. The fraction of sp³-hybridized carbons (Fsp3) is 0.250. The van der Waals surface area contributed by atoms with Crippen LogP contribution >= 0.6 is 15.9 Å². The van der Waals surface area contributed by atoms with E-state index in [2.05, 4.69) is 26.0 Å². The molecule has 0 bridgehead atoms. The van der Waals surface area contributed by atoms with Crippen LogP contribution in [0.25, 0.3) is 0 Å². The molecule has 0 aliphatic carbocycles. The molecular formula is C16H16BrF2NO. The van der Waals surface area contributed by atoms with Crippen LogP contribution in [0.1, 0.15) is 16.7 Å². The summed E-state index contributed by atoms with van der Waals surface area (Å²) in [5.41, 5.74) is 3.88. The van der Waals surface area contributed by atoms with Crippen LogP contribution in [0.2, 0.25) is 0 Å². The maximum Gasteiger partial charge on any atom is 0.387 e. The Bertz CT molecular complexity index is 608. The number of aryl methyl sites for hydroxylation is 2. The minimum absolute atomic E-state index is 0.201. The summed E-state index contributed by atoms with van der Waals surface area (Å²) in [6.07, 6.45) is 0. The number of alkyl halides is 2. The number of ether oxygens (including phenoxy) is 1. The van der Waals surface area contributed by atoms with Crippen LogP contribution in [0, 0.1) is 13.8 Å². The number of anilines is 1. The molecule has 2 aromatic rings. The molecule has 0 atom stereocenters. The lowest BCUT2D eigenvalue weighted by Crippen LogP contribution is -2.08. The third-order valence-electron chi connectivity index (χ3n) is 3.14. The monoisotopic (exact) mass is 355 g/mol. The summed E-state index contributed by atoms with van der Waals surface area (Å²) in [6.45, 7) is 1.61. The molecule has 2 nitrogen and oxygen atoms in total. The smallest absolute Gasteiger partial charge is 0.387 e. The molecule has 1 N–H and O–H groups in total. The Labute approximate surface area is 131 Å². The van der Waals surface area contributed by atoms with Crippen LogP contribution in [0.4, 0.5) is 14.5 Å². The normalized spacial score (nSPS) is 10.8. The van der Waals surface area contributed by atoms with Gasteiger partial charge in [-0.1, -0.05) is 34.1 Å². The Morgan fingerprint density at radius 2 is 1.76 bits per heavy atom. The molecule has 0 heterocycles. The second-order valence-electron chi connectivity index (χ2n) is 4.75. The van der Waals surface area contributed by atoms with E-state index >= 15 is 0 Å². The van der Waals surface area contributed by atoms with Gasteiger partial charge in [-0.05, 0) is 43.2 Å². The number of para-hydroxylation sites is 1. The quantitative estimate of drug-likeness (QED) is 0.787. The Hall–Kier alpha value is -1.62. The van der Waals surface area contributed by atoms with E-state index in [9.17, 15) is 8.78 Å². The molecule has 0 unspecified atom stereocenters. The standard InChI is InChI=1S/C16H16BrF2NO/c1-10-7-13(17)8-11(2)15(10)20-9-12-5-3-4-6-14(12)21-16(18)19/h3-8,16,20H,9H2,1-2H3. The second-order valence-corrected chi connectivity index (χ2v) is 5.67. The molecule has 0 saturated heterocycles. The number of benzene rings is 2. The predicted molar refractivity (Wildman–Crippen MR) is 84.0 cm³/mol. The van der Waals surface area contributed by atoms with Crippen LogP contribution in [0.5, 0.6) is 5.75 Å². The zero-order chi connectivity index (χ0) is 15.4. The van der Waals surface area contributed by atoms with Crippen molar-refractivity contribution in [3.05, 3.63) is 57.6 Å². The zero-order valence-corrected chi connectivity index (χ0v) is 13.4. The van der Waals surface area contributed by atoms with E-state index in [0.29, 0.717) is 12.1 Å². The maximum atomic E-state index is 12.4. The van der Waals surface area contributed by atoms with Crippen molar-refractivity contribution in [1.29, 1.82) is 0 Å². The number of hydrogen-bond donors (Lipinski definition) is 1. The molecule has 0 aliphatic rings. The van der Waals surface area contributed by atoms with Crippen LogP contribution in [-0.4, -0.2) is 6.61 Å². The first-order chi connectivity index (χ1) is 9.97. The van der Waals surface area contributed by atoms with Crippen molar-refractivity contribution < 1.29 is 13.5 Å². The molecule has 0 saturated carbocycles. The number of rotatable bonds is 5. The van der Waals surface area contributed by atoms with Crippen LogP contribution in [-0.2, 0) is 6.54 Å². The van der Waals surface area contributed by atoms with Gasteiger partial charge >= 0.3 is 6.61 Å². The van der Waals surface area contributed by atoms with Gasteiger partial charge in [0.2, 0.25) is 0 Å². The summed E-state index contributed by atoms with van der Waals surface area (Å²) in [4.78, 5) is 0. The van der Waals surface area contributed by atoms with Crippen LogP contribution in [0.3, 0.4) is 0 Å². The van der Waals surface area contributed by atoms with Crippen molar-refractivity contribution in [1.82, 2.24) is 0 Å². The number of hydrogen-bond acceptors (Lipinski definition) is 2. The van der Waals surface area contributed by atoms with E-state index < -0.39 is 6.61 Å². The summed E-state index contributed by atoms with van der Waals surface area (Å²) in [6, 6.07) is 10.8. The summed E-state index contributed by atoms with van der Waals surface area (Å²) in [5.74, 6) is 0.201. The van der Waals surface area contributed by atoms with E-state index in [4.69, 9.17) is 0 Å². The highest BCUT2D eigenvalue weighted by atomic mass is 79.9. The van der Waals surface area contributed by atoms with Gasteiger partial charge in [-0.15, -0.1) is 0 Å². The van der Waals surface area contributed by atoms with Gasteiger partial charge in [0.1, 0.15) is 5.75 Å². The van der Waals surface area contributed by atoms with Crippen molar-refractivity contribution in [2.24, 2.45) is 0 Å². The molecule has 0 fully saturated rings. The van der Waals surface area contributed by atoms with E-state index in [-0.39, 0.29) is 5.75 Å². The average Bonchev–Trinajstić information content (AvgIpc) is 2.38. The highest BCUT2D eigenvalue weighted by Gasteiger charge is 2.10. The van der Waals surface area contributed by atoms with Gasteiger partial charge in [-0.2, -0.15) is 8.78 Å².